The molecule has 0 amide bonds. The van der Waals surface area contributed by atoms with Gasteiger partial charge in [-0.25, -0.2) is 8.42 Å². The third-order valence-corrected chi connectivity index (χ3v) is 5.50. The van der Waals surface area contributed by atoms with Gasteiger partial charge in [0.05, 0.1) is 11.9 Å². The fraction of sp³-hybridized carbons (Fsp3) is 0.667. The predicted octanol–water partition coefficient (Wildman–Crippen LogP) is 2.18. The Balaban J connectivity index is 1.99. The van der Waals surface area contributed by atoms with Crippen LogP contribution in [0.1, 0.15) is 24.1 Å². The number of sulfonamides is 1. The minimum absolute atomic E-state index is 0.384. The molecule has 9 heteroatoms. The molecular weight excluding hydrogens is 343 g/mol. The number of piperidine rings is 1. The Morgan fingerprint density at radius 1 is 1.33 bits per heavy atom. The van der Waals surface area contributed by atoms with Crippen LogP contribution < -0.4 is 0 Å². The maximum atomic E-state index is 12.7. The highest BCUT2D eigenvalue weighted by Crippen LogP contribution is 2.25. The lowest BCUT2D eigenvalue weighted by Gasteiger charge is -2.37. The van der Waals surface area contributed by atoms with Crippen molar-refractivity contribution in [3.05, 3.63) is 29.6 Å². The highest BCUT2D eigenvalue weighted by molar-refractivity contribution is 7.88. The van der Waals surface area contributed by atoms with Crippen LogP contribution in [0.5, 0.6) is 0 Å². The maximum Gasteiger partial charge on any atom is 0.402 e. The van der Waals surface area contributed by atoms with E-state index in [9.17, 15) is 21.6 Å². The van der Waals surface area contributed by atoms with Crippen molar-refractivity contribution in [2.75, 3.05) is 25.9 Å². The highest BCUT2D eigenvalue weighted by Gasteiger charge is 2.39. The number of pyridine rings is 1. The maximum absolute atomic E-state index is 12.7. The average molecular weight is 365 g/mol. The molecule has 0 radical (unpaired) electrons. The summed E-state index contributed by atoms with van der Waals surface area (Å²) in [7, 11) is -3.90. The molecule has 0 unspecified atom stereocenters. The fourth-order valence-corrected chi connectivity index (χ4v) is 4.09. The van der Waals surface area contributed by atoms with Gasteiger partial charge >= 0.3 is 6.18 Å². The van der Waals surface area contributed by atoms with E-state index in [0.717, 1.165) is 17.5 Å². The SMILES string of the molecule is Cc1cccnc1CN1CCC(N(CC(F)(F)F)S(C)(=O)=O)CC1. The zero-order valence-corrected chi connectivity index (χ0v) is 14.6. The molecule has 1 fully saturated rings. The molecule has 1 saturated heterocycles. The lowest BCUT2D eigenvalue weighted by molar-refractivity contribution is -0.140. The zero-order valence-electron chi connectivity index (χ0n) is 13.8. The molecule has 0 aromatic carbocycles. The van der Waals surface area contributed by atoms with Crippen molar-refractivity contribution < 1.29 is 21.6 Å². The molecule has 2 rings (SSSR count). The molecule has 0 spiro atoms. The third kappa shape index (κ3) is 5.42. The van der Waals surface area contributed by atoms with Crippen LogP contribution in [0.25, 0.3) is 0 Å². The zero-order chi connectivity index (χ0) is 18.0. The Labute approximate surface area is 140 Å². The monoisotopic (exact) mass is 365 g/mol. The van der Waals surface area contributed by atoms with Crippen molar-refractivity contribution in [2.45, 2.75) is 38.5 Å². The Bertz CT molecular complexity index is 656. The fourth-order valence-electron chi connectivity index (χ4n) is 2.95. The van der Waals surface area contributed by atoms with Crippen molar-refractivity contribution in [1.82, 2.24) is 14.2 Å². The van der Waals surface area contributed by atoms with E-state index in [0.29, 0.717) is 36.8 Å². The Morgan fingerprint density at radius 3 is 2.46 bits per heavy atom. The average Bonchev–Trinajstić information content (AvgIpc) is 2.46. The molecule has 0 bridgehead atoms. The van der Waals surface area contributed by atoms with Crippen LogP contribution in [-0.4, -0.2) is 60.7 Å². The summed E-state index contributed by atoms with van der Waals surface area (Å²) in [6.07, 6.45) is -1.22. The first-order valence-corrected chi connectivity index (χ1v) is 9.57. The van der Waals surface area contributed by atoms with Gasteiger partial charge in [0.25, 0.3) is 0 Å². The third-order valence-electron chi connectivity index (χ3n) is 4.22. The van der Waals surface area contributed by atoms with Crippen LogP contribution in [-0.2, 0) is 16.6 Å². The summed E-state index contributed by atoms with van der Waals surface area (Å²) in [4.78, 5) is 6.41. The smallest absolute Gasteiger partial charge is 0.297 e. The highest BCUT2D eigenvalue weighted by atomic mass is 32.2. The number of rotatable bonds is 5. The topological polar surface area (TPSA) is 53.5 Å². The molecule has 5 nitrogen and oxygen atoms in total. The van der Waals surface area contributed by atoms with Gasteiger partial charge in [0.15, 0.2) is 0 Å². The van der Waals surface area contributed by atoms with Gasteiger partial charge in [0.1, 0.15) is 6.54 Å². The summed E-state index contributed by atoms with van der Waals surface area (Å²) in [6, 6.07) is 3.21. The van der Waals surface area contributed by atoms with Gasteiger partial charge < -0.3 is 0 Å². The predicted molar refractivity (Wildman–Crippen MR) is 84.9 cm³/mol. The van der Waals surface area contributed by atoms with Crippen molar-refractivity contribution in [1.29, 1.82) is 0 Å². The first-order chi connectivity index (χ1) is 11.1. The lowest BCUT2D eigenvalue weighted by Crippen LogP contribution is -2.50. The second-order valence-corrected chi connectivity index (χ2v) is 8.13. The summed E-state index contributed by atoms with van der Waals surface area (Å²) in [5.41, 5.74) is 2.00. The largest absolute Gasteiger partial charge is 0.402 e. The normalized spacial score (nSPS) is 18.2. The molecule has 0 aliphatic carbocycles. The molecule has 136 valence electrons. The van der Waals surface area contributed by atoms with E-state index in [4.69, 9.17) is 0 Å². The van der Waals surface area contributed by atoms with Crippen molar-refractivity contribution in [2.24, 2.45) is 0 Å². The minimum Gasteiger partial charge on any atom is -0.297 e. The van der Waals surface area contributed by atoms with Gasteiger partial charge in [-0.2, -0.15) is 17.5 Å². The van der Waals surface area contributed by atoms with Crippen LogP contribution in [0.3, 0.4) is 0 Å². The molecule has 1 aromatic rings. The van der Waals surface area contributed by atoms with Crippen LogP contribution in [0.2, 0.25) is 0 Å². The van der Waals surface area contributed by atoms with Crippen molar-refractivity contribution in [3.63, 3.8) is 0 Å². The summed E-state index contributed by atoms with van der Waals surface area (Å²) in [5.74, 6) is 0. The summed E-state index contributed by atoms with van der Waals surface area (Å²) >= 11 is 0. The number of alkyl halides is 3. The van der Waals surface area contributed by atoms with Crippen LogP contribution in [0.4, 0.5) is 13.2 Å². The second-order valence-electron chi connectivity index (χ2n) is 6.20. The van der Waals surface area contributed by atoms with Crippen LogP contribution >= 0.6 is 0 Å². The lowest BCUT2D eigenvalue weighted by atomic mass is 10.0. The molecule has 1 aliphatic rings. The number of aryl methyl sites for hydroxylation is 1. The van der Waals surface area contributed by atoms with Crippen LogP contribution in [0, 0.1) is 6.92 Å². The Kier molecular flexibility index (Phi) is 5.87. The Hall–Kier alpha value is -1.19. The van der Waals surface area contributed by atoms with E-state index < -0.39 is 28.8 Å². The van der Waals surface area contributed by atoms with E-state index in [1.54, 1.807) is 6.20 Å². The number of likely N-dealkylation sites (tertiary alicyclic amines) is 1. The first-order valence-electron chi connectivity index (χ1n) is 7.72. The minimum atomic E-state index is -4.54. The van der Waals surface area contributed by atoms with Gasteiger partial charge in [-0.15, -0.1) is 0 Å². The molecule has 24 heavy (non-hydrogen) atoms. The second kappa shape index (κ2) is 7.37. The molecule has 0 saturated carbocycles. The first kappa shape index (κ1) is 19.1. The molecule has 1 aliphatic heterocycles. The molecular formula is C15H22F3N3O2S. The van der Waals surface area contributed by atoms with Gasteiger partial charge in [0, 0.05) is 31.9 Å². The van der Waals surface area contributed by atoms with Crippen molar-refractivity contribution in [3.8, 4) is 0 Å². The molecule has 2 heterocycles. The van der Waals surface area contributed by atoms with E-state index in [1.807, 2.05) is 19.1 Å². The number of aromatic nitrogens is 1. The summed E-state index contributed by atoms with van der Waals surface area (Å²) in [6.45, 7) is 2.26. The van der Waals surface area contributed by atoms with Gasteiger partial charge in [0.2, 0.25) is 10.0 Å². The number of hydrogen-bond donors (Lipinski definition) is 0. The van der Waals surface area contributed by atoms with Gasteiger partial charge in [-0.1, -0.05) is 6.07 Å². The molecule has 0 atom stereocenters. The molecule has 1 aromatic heterocycles. The number of halogens is 3. The quantitative estimate of drug-likeness (QED) is 0.803. The Morgan fingerprint density at radius 2 is 1.96 bits per heavy atom. The van der Waals surface area contributed by atoms with E-state index in [-0.39, 0.29) is 0 Å². The standard InChI is InChI=1S/C15H22F3N3O2S/c1-12-4-3-7-19-14(12)10-20-8-5-13(6-9-20)21(24(2,22)23)11-15(16,17)18/h3-4,7,13H,5-6,8-11H2,1-2H3. The number of hydrogen-bond acceptors (Lipinski definition) is 4. The van der Waals surface area contributed by atoms with E-state index >= 15 is 0 Å². The summed E-state index contributed by atoms with van der Waals surface area (Å²) < 4.78 is 62.1. The summed E-state index contributed by atoms with van der Waals surface area (Å²) in [5, 5.41) is 0. The van der Waals surface area contributed by atoms with E-state index in [2.05, 4.69) is 9.88 Å². The molecule has 0 N–H and O–H groups in total. The van der Waals surface area contributed by atoms with Gasteiger partial charge in [-0.3, -0.25) is 9.88 Å². The van der Waals surface area contributed by atoms with E-state index in [1.165, 1.54) is 0 Å². The van der Waals surface area contributed by atoms with Crippen LogP contribution in [0.15, 0.2) is 18.3 Å². The van der Waals surface area contributed by atoms with Crippen molar-refractivity contribution >= 4 is 10.0 Å². The van der Waals surface area contributed by atoms with Gasteiger partial charge in [-0.05, 0) is 31.4 Å². The number of nitrogens with zero attached hydrogens (tertiary/aromatic N) is 3.